The van der Waals surface area contributed by atoms with E-state index in [9.17, 15) is 14.4 Å². The number of ether oxygens (including phenoxy) is 1. The van der Waals surface area contributed by atoms with E-state index in [1.807, 2.05) is 0 Å². The van der Waals surface area contributed by atoms with Gasteiger partial charge in [-0.25, -0.2) is 4.79 Å². The van der Waals surface area contributed by atoms with Gasteiger partial charge >= 0.3 is 5.97 Å². The van der Waals surface area contributed by atoms with Crippen molar-refractivity contribution in [3.05, 3.63) is 34.9 Å². The monoisotopic (exact) mass is 263 g/mol. The zero-order chi connectivity index (χ0) is 14.2. The number of carbonyl (C=O) groups is 3. The van der Waals surface area contributed by atoms with Crippen LogP contribution in [0.25, 0.3) is 0 Å². The Morgan fingerprint density at radius 2 is 1.95 bits per heavy atom. The first kappa shape index (κ1) is 13.2. The fourth-order valence-electron chi connectivity index (χ4n) is 1.92. The van der Waals surface area contributed by atoms with E-state index in [4.69, 9.17) is 9.84 Å². The number of carbonyl (C=O) groups excluding carboxylic acids is 2. The molecule has 0 saturated carbocycles. The van der Waals surface area contributed by atoms with Gasteiger partial charge in [-0.2, -0.15) is 0 Å². The molecule has 6 heteroatoms. The summed E-state index contributed by atoms with van der Waals surface area (Å²) in [6.45, 7) is 1.89. The van der Waals surface area contributed by atoms with E-state index in [0.717, 1.165) is 4.90 Å². The maximum atomic E-state index is 12.1. The van der Waals surface area contributed by atoms with Crippen molar-refractivity contribution in [1.29, 1.82) is 0 Å². The molecule has 6 nitrogen and oxygen atoms in total. The third-order valence-electron chi connectivity index (χ3n) is 3.06. The molecule has 1 aromatic rings. The summed E-state index contributed by atoms with van der Waals surface area (Å²) in [6.07, 6.45) is -0.277. The van der Waals surface area contributed by atoms with E-state index >= 15 is 0 Å². The van der Waals surface area contributed by atoms with Gasteiger partial charge in [0.1, 0.15) is 0 Å². The molecular weight excluding hydrogens is 250 g/mol. The normalized spacial score (nSPS) is 15.6. The fraction of sp³-hybridized carbons (Fsp3) is 0.308. The summed E-state index contributed by atoms with van der Waals surface area (Å²) in [6, 6.07) is 3.92. The highest BCUT2D eigenvalue weighted by Crippen LogP contribution is 2.24. The van der Waals surface area contributed by atoms with Crippen LogP contribution in [0.3, 0.4) is 0 Å². The molecule has 19 heavy (non-hydrogen) atoms. The predicted molar refractivity (Wildman–Crippen MR) is 65.2 cm³/mol. The summed E-state index contributed by atoms with van der Waals surface area (Å²) in [5, 5.41) is 8.89. The first-order chi connectivity index (χ1) is 8.95. The Hall–Kier alpha value is -2.21. The average molecular weight is 263 g/mol. The number of carboxylic acid groups (broad SMARTS) is 1. The Balaban J connectivity index is 2.36. The van der Waals surface area contributed by atoms with E-state index in [2.05, 4.69) is 0 Å². The van der Waals surface area contributed by atoms with Crippen LogP contribution in [0.5, 0.6) is 0 Å². The molecule has 1 atom stereocenters. The summed E-state index contributed by atoms with van der Waals surface area (Å²) in [7, 11) is 1.49. The molecule has 1 heterocycles. The van der Waals surface area contributed by atoms with E-state index in [-0.39, 0.29) is 29.3 Å². The lowest BCUT2D eigenvalue weighted by Gasteiger charge is -2.17. The molecule has 1 aliphatic rings. The third-order valence-corrected chi connectivity index (χ3v) is 3.06. The van der Waals surface area contributed by atoms with Crippen molar-refractivity contribution in [1.82, 2.24) is 4.90 Å². The van der Waals surface area contributed by atoms with Crippen molar-refractivity contribution < 1.29 is 24.2 Å². The Morgan fingerprint density at radius 3 is 2.53 bits per heavy atom. The van der Waals surface area contributed by atoms with Crippen LogP contribution in [0, 0.1) is 0 Å². The van der Waals surface area contributed by atoms with Crippen LogP contribution in [0.1, 0.15) is 38.0 Å². The number of aromatic carboxylic acids is 1. The van der Waals surface area contributed by atoms with Crippen molar-refractivity contribution in [2.24, 2.45) is 0 Å². The summed E-state index contributed by atoms with van der Waals surface area (Å²) in [5.74, 6) is -2.03. The highest BCUT2D eigenvalue weighted by Gasteiger charge is 2.36. The Morgan fingerprint density at radius 1 is 1.32 bits per heavy atom. The lowest BCUT2D eigenvalue weighted by Crippen LogP contribution is -2.36. The van der Waals surface area contributed by atoms with Crippen LogP contribution in [0.15, 0.2) is 18.2 Å². The van der Waals surface area contributed by atoms with Gasteiger partial charge in [-0.3, -0.25) is 14.5 Å². The number of imide groups is 1. The van der Waals surface area contributed by atoms with E-state index < -0.39 is 17.8 Å². The zero-order valence-corrected chi connectivity index (χ0v) is 10.5. The second-order valence-electron chi connectivity index (χ2n) is 4.33. The number of amides is 2. The van der Waals surface area contributed by atoms with Gasteiger partial charge in [0.2, 0.25) is 0 Å². The second kappa shape index (κ2) is 4.81. The summed E-state index contributed by atoms with van der Waals surface area (Å²) >= 11 is 0. The smallest absolute Gasteiger partial charge is 0.335 e. The molecule has 0 bridgehead atoms. The molecule has 1 unspecified atom stereocenters. The highest BCUT2D eigenvalue weighted by atomic mass is 16.5. The van der Waals surface area contributed by atoms with Crippen LogP contribution in [-0.4, -0.2) is 47.5 Å². The van der Waals surface area contributed by atoms with Gasteiger partial charge in [-0.15, -0.1) is 0 Å². The standard InChI is InChI=1S/C13H13NO5/c1-7(19-2)6-14-11(15)9-4-3-8(13(17)18)5-10(9)12(14)16/h3-5,7H,6H2,1-2H3,(H,17,18). The second-order valence-corrected chi connectivity index (χ2v) is 4.33. The molecule has 1 aliphatic heterocycles. The molecule has 0 radical (unpaired) electrons. The van der Waals surface area contributed by atoms with Crippen molar-refractivity contribution in [3.63, 3.8) is 0 Å². The average Bonchev–Trinajstić information content (AvgIpc) is 2.63. The number of methoxy groups -OCH3 is 1. The van der Waals surface area contributed by atoms with Gasteiger partial charge in [0.25, 0.3) is 11.8 Å². The van der Waals surface area contributed by atoms with Crippen molar-refractivity contribution in [2.75, 3.05) is 13.7 Å². The SMILES string of the molecule is COC(C)CN1C(=O)c2ccc(C(=O)O)cc2C1=O. The quantitative estimate of drug-likeness (QED) is 0.820. The van der Waals surface area contributed by atoms with Gasteiger partial charge in [0.05, 0.1) is 29.3 Å². The minimum absolute atomic E-state index is 0.0125. The van der Waals surface area contributed by atoms with Crippen LogP contribution in [0.4, 0.5) is 0 Å². The third kappa shape index (κ3) is 2.22. The first-order valence-electron chi connectivity index (χ1n) is 5.72. The van der Waals surface area contributed by atoms with Crippen LogP contribution in [0.2, 0.25) is 0 Å². The molecule has 0 spiro atoms. The topological polar surface area (TPSA) is 83.9 Å². The molecule has 0 fully saturated rings. The van der Waals surface area contributed by atoms with Gasteiger partial charge in [-0.1, -0.05) is 0 Å². The minimum atomic E-state index is -1.13. The number of benzene rings is 1. The maximum absolute atomic E-state index is 12.1. The van der Waals surface area contributed by atoms with E-state index in [1.54, 1.807) is 6.92 Å². The highest BCUT2D eigenvalue weighted by molar-refractivity contribution is 6.21. The van der Waals surface area contributed by atoms with Crippen molar-refractivity contribution >= 4 is 17.8 Å². The molecule has 0 aromatic heterocycles. The number of rotatable bonds is 4. The number of hydrogen-bond acceptors (Lipinski definition) is 4. The molecule has 2 rings (SSSR count). The number of carboxylic acids is 1. The van der Waals surface area contributed by atoms with Crippen LogP contribution < -0.4 is 0 Å². The van der Waals surface area contributed by atoms with Gasteiger partial charge in [0, 0.05) is 7.11 Å². The number of nitrogens with zero attached hydrogens (tertiary/aromatic N) is 1. The minimum Gasteiger partial charge on any atom is -0.478 e. The predicted octanol–water partition coefficient (Wildman–Crippen LogP) is 1.02. The molecule has 2 amide bonds. The Kier molecular flexibility index (Phi) is 3.35. The molecule has 1 N–H and O–H groups in total. The number of fused-ring (bicyclic) bond motifs is 1. The van der Waals surface area contributed by atoms with Gasteiger partial charge in [0.15, 0.2) is 0 Å². The molecule has 0 saturated heterocycles. The van der Waals surface area contributed by atoms with Gasteiger partial charge < -0.3 is 9.84 Å². The zero-order valence-electron chi connectivity index (χ0n) is 10.5. The largest absolute Gasteiger partial charge is 0.478 e. The molecule has 0 aliphatic carbocycles. The Bertz CT molecular complexity index is 566. The van der Waals surface area contributed by atoms with Crippen LogP contribution in [-0.2, 0) is 4.74 Å². The lowest BCUT2D eigenvalue weighted by molar-refractivity contribution is 0.0484. The summed E-state index contributed by atoms with van der Waals surface area (Å²) in [5.41, 5.74) is 0.355. The Labute approximate surface area is 109 Å². The van der Waals surface area contributed by atoms with Crippen molar-refractivity contribution in [2.45, 2.75) is 13.0 Å². The lowest BCUT2D eigenvalue weighted by atomic mass is 10.1. The van der Waals surface area contributed by atoms with Crippen LogP contribution >= 0.6 is 0 Å². The first-order valence-corrected chi connectivity index (χ1v) is 5.72. The molecular formula is C13H13NO5. The maximum Gasteiger partial charge on any atom is 0.335 e. The van der Waals surface area contributed by atoms with E-state index in [0.29, 0.717) is 0 Å². The molecule has 1 aromatic carbocycles. The van der Waals surface area contributed by atoms with E-state index in [1.165, 1.54) is 25.3 Å². The summed E-state index contributed by atoms with van der Waals surface area (Å²) in [4.78, 5) is 36.1. The fourth-order valence-corrected chi connectivity index (χ4v) is 1.92. The van der Waals surface area contributed by atoms with Crippen molar-refractivity contribution in [3.8, 4) is 0 Å². The van der Waals surface area contributed by atoms with Gasteiger partial charge in [-0.05, 0) is 25.1 Å². The number of hydrogen-bond donors (Lipinski definition) is 1. The summed E-state index contributed by atoms with van der Waals surface area (Å²) < 4.78 is 5.03. The molecule has 100 valence electrons.